The molecule has 0 rings (SSSR count). The van der Waals surface area contributed by atoms with E-state index in [0.717, 1.165) is 25.3 Å². The topological polar surface area (TPSA) is 29.5 Å². The van der Waals surface area contributed by atoms with Crippen LogP contribution in [0.25, 0.3) is 0 Å². The van der Waals surface area contributed by atoms with E-state index in [1.54, 1.807) is 0 Å². The van der Waals surface area contributed by atoms with Crippen molar-refractivity contribution in [2.45, 2.75) is 52.9 Å². The van der Waals surface area contributed by atoms with Gasteiger partial charge >= 0.3 is 5.97 Å². The van der Waals surface area contributed by atoms with Crippen LogP contribution in [0, 0.1) is 5.92 Å². The van der Waals surface area contributed by atoms with Crippen molar-refractivity contribution in [2.75, 3.05) is 26.7 Å². The third-order valence-electron chi connectivity index (χ3n) is 3.05. The molecule has 0 aromatic rings. The van der Waals surface area contributed by atoms with Crippen LogP contribution in [-0.2, 0) is 9.53 Å². The van der Waals surface area contributed by atoms with Crippen LogP contribution < -0.4 is 0 Å². The second kappa shape index (κ2) is 10.6. The van der Waals surface area contributed by atoms with E-state index >= 15 is 0 Å². The van der Waals surface area contributed by atoms with E-state index in [9.17, 15) is 4.79 Å². The summed E-state index contributed by atoms with van der Waals surface area (Å²) < 4.78 is 4.89. The monoisotopic (exact) mass is 243 g/mol. The average Bonchev–Trinajstić information content (AvgIpc) is 2.28. The van der Waals surface area contributed by atoms with Crippen molar-refractivity contribution in [2.24, 2.45) is 5.92 Å². The molecule has 0 saturated carbocycles. The Bertz CT molecular complexity index is 195. The smallest absolute Gasteiger partial charge is 0.305 e. The third-order valence-corrected chi connectivity index (χ3v) is 3.05. The van der Waals surface area contributed by atoms with Crippen molar-refractivity contribution >= 4 is 5.97 Å². The largest absolute Gasteiger partial charge is 0.466 e. The Morgan fingerprint density at radius 3 is 2.53 bits per heavy atom. The van der Waals surface area contributed by atoms with Crippen LogP contribution in [0.3, 0.4) is 0 Å². The maximum absolute atomic E-state index is 11.1. The molecule has 102 valence electrons. The average molecular weight is 243 g/mol. The first-order valence-corrected chi connectivity index (χ1v) is 6.94. The highest BCUT2D eigenvalue weighted by Gasteiger charge is 2.04. The Balaban J connectivity index is 3.36. The lowest BCUT2D eigenvalue weighted by Crippen LogP contribution is -2.25. The molecule has 0 radical (unpaired) electrons. The maximum atomic E-state index is 11.1. The molecule has 0 aliphatic rings. The lowest BCUT2D eigenvalue weighted by atomic mass is 10.1. The lowest BCUT2D eigenvalue weighted by molar-refractivity contribution is -0.143. The minimum atomic E-state index is -0.0551. The summed E-state index contributed by atoms with van der Waals surface area (Å²) >= 11 is 0. The molecule has 0 aromatic carbocycles. The van der Waals surface area contributed by atoms with E-state index in [2.05, 4.69) is 25.8 Å². The molecule has 0 N–H and O–H groups in total. The number of carbonyl (C=O) groups is 1. The zero-order valence-corrected chi connectivity index (χ0v) is 12.0. The number of nitrogens with zero attached hydrogens (tertiary/aromatic N) is 1. The predicted octanol–water partition coefficient (Wildman–Crippen LogP) is 3.09. The van der Waals surface area contributed by atoms with Gasteiger partial charge in [0.15, 0.2) is 0 Å². The van der Waals surface area contributed by atoms with E-state index < -0.39 is 0 Å². The first-order chi connectivity index (χ1) is 8.10. The van der Waals surface area contributed by atoms with Gasteiger partial charge in [0, 0.05) is 13.0 Å². The highest BCUT2D eigenvalue weighted by atomic mass is 16.5. The van der Waals surface area contributed by atoms with Crippen molar-refractivity contribution in [3.63, 3.8) is 0 Å². The van der Waals surface area contributed by atoms with Crippen LogP contribution in [0.5, 0.6) is 0 Å². The molecule has 0 bridgehead atoms. The fourth-order valence-corrected chi connectivity index (χ4v) is 1.81. The molecule has 0 aliphatic carbocycles. The molecule has 3 heteroatoms. The van der Waals surface area contributed by atoms with E-state index in [4.69, 9.17) is 4.74 Å². The van der Waals surface area contributed by atoms with E-state index in [1.807, 2.05) is 6.92 Å². The van der Waals surface area contributed by atoms with Gasteiger partial charge in [0.1, 0.15) is 0 Å². The van der Waals surface area contributed by atoms with Crippen LogP contribution in [-0.4, -0.2) is 37.6 Å². The Labute approximate surface area is 107 Å². The number of esters is 1. The fraction of sp³-hybridized carbons (Fsp3) is 0.929. The molecule has 0 saturated heterocycles. The molecule has 1 unspecified atom stereocenters. The van der Waals surface area contributed by atoms with Crippen LogP contribution in [0.4, 0.5) is 0 Å². The molecule has 3 nitrogen and oxygen atoms in total. The second-order valence-electron chi connectivity index (χ2n) is 4.89. The van der Waals surface area contributed by atoms with Gasteiger partial charge in [-0.3, -0.25) is 4.79 Å². The van der Waals surface area contributed by atoms with E-state index in [0.29, 0.717) is 13.0 Å². The molecular formula is C14H29NO2. The number of hydrogen-bond donors (Lipinski definition) is 0. The Kier molecular flexibility index (Phi) is 10.2. The normalized spacial score (nSPS) is 12.8. The van der Waals surface area contributed by atoms with Crippen LogP contribution in [0.1, 0.15) is 52.9 Å². The molecule has 0 aliphatic heterocycles. The molecular weight excluding hydrogens is 214 g/mol. The van der Waals surface area contributed by atoms with Crippen molar-refractivity contribution in [3.8, 4) is 0 Å². The number of rotatable bonds is 10. The van der Waals surface area contributed by atoms with Gasteiger partial charge < -0.3 is 9.64 Å². The Morgan fingerprint density at radius 1 is 1.24 bits per heavy atom. The van der Waals surface area contributed by atoms with Crippen molar-refractivity contribution in [1.29, 1.82) is 0 Å². The van der Waals surface area contributed by atoms with E-state index in [1.165, 1.54) is 19.4 Å². The summed E-state index contributed by atoms with van der Waals surface area (Å²) in [6, 6.07) is 0. The van der Waals surface area contributed by atoms with Gasteiger partial charge in [0.25, 0.3) is 0 Å². The molecule has 0 heterocycles. The van der Waals surface area contributed by atoms with Crippen LogP contribution in [0.15, 0.2) is 0 Å². The summed E-state index contributed by atoms with van der Waals surface area (Å²) in [6.07, 6.45) is 5.06. The summed E-state index contributed by atoms with van der Waals surface area (Å²) in [7, 11) is 2.18. The Morgan fingerprint density at radius 2 is 1.94 bits per heavy atom. The van der Waals surface area contributed by atoms with Crippen molar-refractivity contribution < 1.29 is 9.53 Å². The molecule has 17 heavy (non-hydrogen) atoms. The molecule has 0 amide bonds. The summed E-state index contributed by atoms with van der Waals surface area (Å²) in [5.74, 6) is 0.722. The number of carbonyl (C=O) groups excluding carboxylic acids is 1. The number of hydrogen-bond acceptors (Lipinski definition) is 3. The van der Waals surface area contributed by atoms with Crippen LogP contribution in [0.2, 0.25) is 0 Å². The first-order valence-electron chi connectivity index (χ1n) is 6.94. The second-order valence-corrected chi connectivity index (χ2v) is 4.89. The first kappa shape index (κ1) is 16.4. The number of ether oxygens (including phenoxy) is 1. The lowest BCUT2D eigenvalue weighted by Gasteiger charge is -2.20. The van der Waals surface area contributed by atoms with Crippen molar-refractivity contribution in [3.05, 3.63) is 0 Å². The van der Waals surface area contributed by atoms with Crippen LogP contribution >= 0.6 is 0 Å². The minimum Gasteiger partial charge on any atom is -0.466 e. The Hall–Kier alpha value is -0.570. The van der Waals surface area contributed by atoms with Gasteiger partial charge in [-0.05, 0) is 39.3 Å². The molecule has 0 aromatic heterocycles. The highest BCUT2D eigenvalue weighted by molar-refractivity contribution is 5.69. The summed E-state index contributed by atoms with van der Waals surface area (Å²) in [4.78, 5) is 13.5. The molecule has 0 spiro atoms. The van der Waals surface area contributed by atoms with Gasteiger partial charge in [-0.1, -0.05) is 26.7 Å². The van der Waals surface area contributed by atoms with Gasteiger partial charge in [0.2, 0.25) is 0 Å². The van der Waals surface area contributed by atoms with Gasteiger partial charge in [-0.2, -0.15) is 0 Å². The van der Waals surface area contributed by atoms with Gasteiger partial charge in [0.05, 0.1) is 6.61 Å². The number of unbranched alkanes of at least 4 members (excludes halogenated alkanes) is 2. The zero-order chi connectivity index (χ0) is 13.1. The SMILES string of the molecule is CCOC(=O)CCCCCN(C)CC(C)CC. The quantitative estimate of drug-likeness (QED) is 0.436. The summed E-state index contributed by atoms with van der Waals surface area (Å²) in [6.45, 7) is 9.18. The third kappa shape index (κ3) is 10.3. The minimum absolute atomic E-state index is 0.0551. The van der Waals surface area contributed by atoms with Gasteiger partial charge in [-0.15, -0.1) is 0 Å². The molecule has 0 fully saturated rings. The maximum Gasteiger partial charge on any atom is 0.305 e. The standard InChI is InChI=1S/C14H29NO2/c1-5-13(3)12-15(4)11-9-7-8-10-14(16)17-6-2/h13H,5-12H2,1-4H3. The summed E-state index contributed by atoms with van der Waals surface area (Å²) in [5.41, 5.74) is 0. The summed E-state index contributed by atoms with van der Waals surface area (Å²) in [5, 5.41) is 0. The highest BCUT2D eigenvalue weighted by Crippen LogP contribution is 2.06. The molecule has 1 atom stereocenters. The predicted molar refractivity (Wildman–Crippen MR) is 72.1 cm³/mol. The van der Waals surface area contributed by atoms with Crippen molar-refractivity contribution in [1.82, 2.24) is 4.90 Å². The van der Waals surface area contributed by atoms with E-state index in [-0.39, 0.29) is 5.97 Å². The van der Waals surface area contributed by atoms with Gasteiger partial charge in [-0.25, -0.2) is 0 Å². The fourth-order valence-electron chi connectivity index (χ4n) is 1.81. The zero-order valence-electron chi connectivity index (χ0n) is 12.0.